The zero-order valence-electron chi connectivity index (χ0n) is 11.6. The summed E-state index contributed by atoms with van der Waals surface area (Å²) in [6, 6.07) is -0.0198. The van der Waals surface area contributed by atoms with Crippen molar-refractivity contribution in [3.8, 4) is 0 Å². The molecule has 1 heterocycles. The molecule has 0 spiro atoms. The molecule has 3 unspecified atom stereocenters. The molecule has 4 nitrogen and oxygen atoms in total. The number of hydrogen-bond acceptors (Lipinski definition) is 3. The highest BCUT2D eigenvalue weighted by Gasteiger charge is 2.29. The van der Waals surface area contributed by atoms with E-state index in [-0.39, 0.29) is 17.9 Å². The lowest BCUT2D eigenvalue weighted by molar-refractivity contribution is -0.135. The van der Waals surface area contributed by atoms with Gasteiger partial charge in [-0.3, -0.25) is 4.79 Å². The third kappa shape index (κ3) is 3.68. The topological polar surface area (TPSA) is 49.6 Å². The molecular formula is C13H27N3O. The molecule has 4 heteroatoms. The van der Waals surface area contributed by atoms with E-state index < -0.39 is 0 Å². The quantitative estimate of drug-likeness (QED) is 0.796. The molecular weight excluding hydrogens is 214 g/mol. The molecule has 1 fully saturated rings. The zero-order chi connectivity index (χ0) is 13.0. The smallest absolute Gasteiger partial charge is 0.239 e. The Morgan fingerprint density at radius 2 is 2.24 bits per heavy atom. The minimum absolute atomic E-state index is 0.0969. The highest BCUT2D eigenvalue weighted by molar-refractivity contribution is 5.82. The summed E-state index contributed by atoms with van der Waals surface area (Å²) in [6.45, 7) is 6.22. The number of nitrogens with zero attached hydrogens (tertiary/aromatic N) is 2. The fraction of sp³-hybridized carbons (Fsp3) is 0.923. The molecule has 1 amide bonds. The maximum Gasteiger partial charge on any atom is 0.239 e. The summed E-state index contributed by atoms with van der Waals surface area (Å²) in [4.78, 5) is 16.4. The number of amides is 1. The second-order valence-corrected chi connectivity index (χ2v) is 5.42. The average Bonchev–Trinajstić information content (AvgIpc) is 2.35. The largest absolute Gasteiger partial charge is 0.340 e. The van der Waals surface area contributed by atoms with Gasteiger partial charge in [-0.1, -0.05) is 20.3 Å². The highest BCUT2D eigenvalue weighted by Crippen LogP contribution is 2.16. The van der Waals surface area contributed by atoms with Crippen LogP contribution in [0.15, 0.2) is 0 Å². The molecule has 0 aromatic heterocycles. The van der Waals surface area contributed by atoms with Crippen molar-refractivity contribution in [1.82, 2.24) is 9.80 Å². The second kappa shape index (κ2) is 6.36. The summed E-state index contributed by atoms with van der Waals surface area (Å²) in [5.41, 5.74) is 6.01. The van der Waals surface area contributed by atoms with Gasteiger partial charge < -0.3 is 15.5 Å². The van der Waals surface area contributed by atoms with Gasteiger partial charge in [-0.25, -0.2) is 0 Å². The van der Waals surface area contributed by atoms with Gasteiger partial charge in [-0.15, -0.1) is 0 Å². The average molecular weight is 241 g/mol. The maximum absolute atomic E-state index is 12.2. The van der Waals surface area contributed by atoms with E-state index in [1.807, 2.05) is 18.9 Å². The summed E-state index contributed by atoms with van der Waals surface area (Å²) >= 11 is 0. The van der Waals surface area contributed by atoms with Crippen LogP contribution in [0, 0.1) is 5.92 Å². The monoisotopic (exact) mass is 241 g/mol. The fourth-order valence-electron chi connectivity index (χ4n) is 2.37. The van der Waals surface area contributed by atoms with Crippen molar-refractivity contribution < 1.29 is 4.79 Å². The van der Waals surface area contributed by atoms with E-state index in [4.69, 9.17) is 5.73 Å². The fourth-order valence-corrected chi connectivity index (χ4v) is 2.37. The van der Waals surface area contributed by atoms with Gasteiger partial charge in [0.05, 0.1) is 6.04 Å². The molecule has 0 radical (unpaired) electrons. The van der Waals surface area contributed by atoms with Gasteiger partial charge in [0, 0.05) is 19.6 Å². The molecule has 0 aromatic carbocycles. The van der Waals surface area contributed by atoms with Crippen LogP contribution in [-0.2, 0) is 4.79 Å². The predicted molar refractivity (Wildman–Crippen MR) is 70.7 cm³/mol. The lowest BCUT2D eigenvalue weighted by Crippen LogP contribution is -2.53. The van der Waals surface area contributed by atoms with Crippen LogP contribution < -0.4 is 5.73 Å². The van der Waals surface area contributed by atoms with Gasteiger partial charge >= 0.3 is 0 Å². The number of hydrogen-bond donors (Lipinski definition) is 1. The third-order valence-electron chi connectivity index (χ3n) is 4.04. The molecule has 0 aliphatic carbocycles. The van der Waals surface area contributed by atoms with Crippen LogP contribution in [0.25, 0.3) is 0 Å². The van der Waals surface area contributed by atoms with Crippen molar-refractivity contribution >= 4 is 5.91 Å². The number of carbonyl (C=O) groups excluding carboxylic acids is 1. The van der Waals surface area contributed by atoms with Crippen molar-refractivity contribution in [1.29, 1.82) is 0 Å². The molecule has 1 saturated heterocycles. The first-order valence-corrected chi connectivity index (χ1v) is 6.68. The van der Waals surface area contributed by atoms with Crippen molar-refractivity contribution in [2.75, 3.05) is 27.2 Å². The summed E-state index contributed by atoms with van der Waals surface area (Å²) in [5, 5.41) is 0. The van der Waals surface area contributed by atoms with E-state index in [9.17, 15) is 4.79 Å². The Bertz CT molecular complexity index is 257. The molecule has 3 atom stereocenters. The van der Waals surface area contributed by atoms with Gasteiger partial charge in [-0.2, -0.15) is 0 Å². The molecule has 1 aliphatic heterocycles. The summed E-state index contributed by atoms with van der Waals surface area (Å²) in [7, 11) is 4.01. The lowest BCUT2D eigenvalue weighted by atomic mass is 9.97. The molecule has 100 valence electrons. The Morgan fingerprint density at radius 1 is 1.59 bits per heavy atom. The maximum atomic E-state index is 12.2. The van der Waals surface area contributed by atoms with Crippen LogP contribution in [0.4, 0.5) is 0 Å². The number of likely N-dealkylation sites (N-methyl/N-ethyl adjacent to an activating group) is 2. The molecule has 0 saturated carbocycles. The zero-order valence-corrected chi connectivity index (χ0v) is 11.6. The second-order valence-electron chi connectivity index (χ2n) is 5.42. The first-order chi connectivity index (χ1) is 7.97. The number of piperidine rings is 1. The predicted octanol–water partition coefficient (Wildman–Crippen LogP) is 0.912. The van der Waals surface area contributed by atoms with E-state index in [0.717, 1.165) is 32.4 Å². The number of rotatable bonds is 4. The van der Waals surface area contributed by atoms with E-state index in [1.54, 1.807) is 0 Å². The van der Waals surface area contributed by atoms with E-state index in [1.165, 1.54) is 0 Å². The Balaban J connectivity index is 2.56. The van der Waals surface area contributed by atoms with Crippen LogP contribution >= 0.6 is 0 Å². The van der Waals surface area contributed by atoms with Crippen molar-refractivity contribution in [3.63, 3.8) is 0 Å². The minimum atomic E-state index is -0.350. The Kier molecular flexibility index (Phi) is 5.40. The lowest BCUT2D eigenvalue weighted by Gasteiger charge is -2.37. The molecule has 1 rings (SSSR count). The summed E-state index contributed by atoms with van der Waals surface area (Å²) in [6.07, 6.45) is 3.21. The van der Waals surface area contributed by atoms with Gasteiger partial charge in [0.2, 0.25) is 5.91 Å². The summed E-state index contributed by atoms with van der Waals surface area (Å²) in [5.74, 6) is 0.353. The van der Waals surface area contributed by atoms with Crippen LogP contribution in [0.1, 0.15) is 33.1 Å². The number of carbonyl (C=O) groups is 1. The molecule has 1 aliphatic rings. The van der Waals surface area contributed by atoms with Gasteiger partial charge in [0.25, 0.3) is 0 Å². The number of nitrogens with two attached hydrogens (primary N) is 1. The Labute approximate surface area is 105 Å². The Hall–Kier alpha value is -0.610. The first kappa shape index (κ1) is 14.5. The molecule has 0 bridgehead atoms. The SMILES string of the molecule is CCC(C)C(N)C(=O)N(C)C1CCCN(C)C1. The molecule has 2 N–H and O–H groups in total. The first-order valence-electron chi connectivity index (χ1n) is 6.68. The highest BCUT2D eigenvalue weighted by atomic mass is 16.2. The normalized spacial score (nSPS) is 25.4. The Morgan fingerprint density at radius 3 is 2.76 bits per heavy atom. The van der Waals surface area contributed by atoms with Crippen LogP contribution in [0.2, 0.25) is 0 Å². The van der Waals surface area contributed by atoms with Crippen molar-refractivity contribution in [2.24, 2.45) is 11.7 Å². The molecule has 17 heavy (non-hydrogen) atoms. The van der Waals surface area contributed by atoms with Gasteiger partial charge in [0.1, 0.15) is 0 Å². The van der Waals surface area contributed by atoms with Crippen LogP contribution in [0.3, 0.4) is 0 Å². The van der Waals surface area contributed by atoms with Crippen LogP contribution in [0.5, 0.6) is 0 Å². The van der Waals surface area contributed by atoms with E-state index in [0.29, 0.717) is 6.04 Å². The van der Waals surface area contributed by atoms with Crippen molar-refractivity contribution in [2.45, 2.75) is 45.2 Å². The summed E-state index contributed by atoms with van der Waals surface area (Å²) < 4.78 is 0. The van der Waals surface area contributed by atoms with Gasteiger partial charge in [0.15, 0.2) is 0 Å². The third-order valence-corrected chi connectivity index (χ3v) is 4.04. The van der Waals surface area contributed by atoms with Crippen LogP contribution in [-0.4, -0.2) is 55.0 Å². The molecule has 0 aromatic rings. The minimum Gasteiger partial charge on any atom is -0.340 e. The van der Waals surface area contributed by atoms with Gasteiger partial charge in [-0.05, 0) is 32.4 Å². The standard InChI is InChI=1S/C13H27N3O/c1-5-10(2)12(14)13(17)16(4)11-7-6-8-15(3)9-11/h10-12H,5-9,14H2,1-4H3. The van der Waals surface area contributed by atoms with E-state index >= 15 is 0 Å². The number of likely N-dealkylation sites (tertiary alicyclic amines) is 1. The van der Waals surface area contributed by atoms with E-state index in [2.05, 4.69) is 18.9 Å². The van der Waals surface area contributed by atoms with Crippen molar-refractivity contribution in [3.05, 3.63) is 0 Å².